The Morgan fingerprint density at radius 3 is 2.55 bits per heavy atom. The fourth-order valence-corrected chi connectivity index (χ4v) is 2.55. The van der Waals surface area contributed by atoms with Crippen molar-refractivity contribution in [1.82, 2.24) is 9.55 Å². The second kappa shape index (κ2) is 5.06. The second-order valence-corrected chi connectivity index (χ2v) is 4.94. The number of nitrogens with zero attached hydrogens (tertiary/aromatic N) is 2. The van der Waals surface area contributed by atoms with Gasteiger partial charge in [-0.1, -0.05) is 42.5 Å². The molecule has 4 heteroatoms. The number of fused-ring (bicyclic) bond motifs is 1. The van der Waals surface area contributed by atoms with E-state index in [1.54, 1.807) is 7.11 Å². The Balaban J connectivity index is 2.33. The monoisotopic (exact) mass is 282 g/mol. The van der Waals surface area contributed by atoms with Crippen molar-refractivity contribution in [3.63, 3.8) is 0 Å². The molecule has 0 fully saturated rings. The first-order chi connectivity index (χ1) is 9.70. The first-order valence-corrected chi connectivity index (χ1v) is 6.72. The lowest BCUT2D eigenvalue weighted by molar-refractivity contribution is 0.415. The molecule has 0 radical (unpaired) electrons. The molecule has 0 aliphatic rings. The lowest BCUT2D eigenvalue weighted by atomic mass is 10.2. The zero-order valence-corrected chi connectivity index (χ0v) is 12.1. The molecule has 0 saturated carbocycles. The lowest BCUT2D eigenvalue weighted by Crippen LogP contribution is -2.02. The minimum atomic E-state index is 0.593. The molecule has 0 N–H and O–H groups in total. The number of hydrogen-bond acceptors (Lipinski definition) is 3. The highest BCUT2D eigenvalue weighted by Gasteiger charge is 2.08. The lowest BCUT2D eigenvalue weighted by Gasteiger charge is -2.12. The maximum atomic E-state index is 5.43. The van der Waals surface area contributed by atoms with E-state index in [9.17, 15) is 0 Å². The van der Waals surface area contributed by atoms with Crippen LogP contribution in [0.15, 0.2) is 48.5 Å². The van der Waals surface area contributed by atoms with Crippen LogP contribution in [0.1, 0.15) is 0 Å². The van der Waals surface area contributed by atoms with Crippen molar-refractivity contribution in [3.05, 3.63) is 53.2 Å². The summed E-state index contributed by atoms with van der Waals surface area (Å²) in [7, 11) is 3.65. The minimum absolute atomic E-state index is 0.593. The van der Waals surface area contributed by atoms with Gasteiger partial charge in [0.1, 0.15) is 16.2 Å². The van der Waals surface area contributed by atoms with Crippen molar-refractivity contribution < 1.29 is 4.74 Å². The highest BCUT2D eigenvalue weighted by Crippen LogP contribution is 2.25. The van der Waals surface area contributed by atoms with Crippen molar-refractivity contribution in [2.45, 2.75) is 0 Å². The Morgan fingerprint density at radius 2 is 1.85 bits per heavy atom. The van der Waals surface area contributed by atoms with Gasteiger partial charge in [-0.3, -0.25) is 0 Å². The second-order valence-electron chi connectivity index (χ2n) is 4.55. The van der Waals surface area contributed by atoms with Gasteiger partial charge in [0.05, 0.1) is 12.6 Å². The van der Waals surface area contributed by atoms with Crippen LogP contribution in [0.3, 0.4) is 0 Å². The van der Waals surface area contributed by atoms with Crippen LogP contribution in [0.2, 0.25) is 0 Å². The Morgan fingerprint density at radius 1 is 1.10 bits per heavy atom. The molecule has 0 atom stereocenters. The van der Waals surface area contributed by atoms with Gasteiger partial charge >= 0.3 is 0 Å². The minimum Gasteiger partial charge on any atom is -0.497 e. The van der Waals surface area contributed by atoms with Crippen LogP contribution in [-0.2, 0) is 7.05 Å². The number of aryl methyl sites for hydroxylation is 1. The molecular formula is C16H14N2OS. The van der Waals surface area contributed by atoms with Gasteiger partial charge in [0.15, 0.2) is 0 Å². The number of hydrogen-bond donors (Lipinski definition) is 0. The zero-order chi connectivity index (χ0) is 14.1. The van der Waals surface area contributed by atoms with Gasteiger partial charge in [0.2, 0.25) is 0 Å². The summed E-state index contributed by atoms with van der Waals surface area (Å²) in [5, 5.41) is 0.932. The van der Waals surface area contributed by atoms with E-state index < -0.39 is 0 Å². The molecule has 100 valence electrons. The maximum absolute atomic E-state index is 5.43. The molecule has 0 unspecified atom stereocenters. The summed E-state index contributed by atoms with van der Waals surface area (Å²) in [5.41, 5.74) is 2.10. The normalized spacial score (nSPS) is 10.7. The van der Waals surface area contributed by atoms with E-state index in [1.165, 1.54) is 0 Å². The topological polar surface area (TPSA) is 27.1 Å². The predicted octanol–water partition coefficient (Wildman–Crippen LogP) is 3.98. The number of rotatable bonds is 2. The Hall–Kier alpha value is -2.20. The average molecular weight is 282 g/mol. The summed E-state index contributed by atoms with van der Waals surface area (Å²) >= 11 is 5.43. The fraction of sp³-hybridized carbons (Fsp3) is 0.125. The van der Waals surface area contributed by atoms with Crippen molar-refractivity contribution in [3.8, 4) is 17.1 Å². The molecule has 1 aromatic heterocycles. The van der Waals surface area contributed by atoms with Gasteiger partial charge in [-0.15, -0.1) is 0 Å². The number of ether oxygens (including phenoxy) is 1. The molecule has 3 nitrogen and oxygen atoms in total. The van der Waals surface area contributed by atoms with E-state index in [4.69, 9.17) is 17.0 Å². The third-order valence-electron chi connectivity index (χ3n) is 3.35. The van der Waals surface area contributed by atoms with E-state index in [0.717, 1.165) is 28.0 Å². The molecule has 3 rings (SSSR count). The molecule has 0 bridgehead atoms. The maximum Gasteiger partial charge on any atom is 0.141 e. The number of methoxy groups -OCH3 is 1. The number of aromatic nitrogens is 2. The molecule has 3 aromatic rings. The molecule has 0 saturated heterocycles. The van der Waals surface area contributed by atoms with Crippen LogP contribution in [-0.4, -0.2) is 16.7 Å². The third kappa shape index (κ3) is 2.08. The molecule has 0 aliphatic heterocycles. The largest absolute Gasteiger partial charge is 0.497 e. The molecule has 0 amide bonds. The molecule has 20 heavy (non-hydrogen) atoms. The van der Waals surface area contributed by atoms with E-state index in [1.807, 2.05) is 55.6 Å². The average Bonchev–Trinajstić information content (AvgIpc) is 2.51. The first kappa shape index (κ1) is 12.8. The summed E-state index contributed by atoms with van der Waals surface area (Å²) in [6, 6.07) is 15.9. The van der Waals surface area contributed by atoms with Crippen LogP contribution < -0.4 is 4.74 Å². The quantitative estimate of drug-likeness (QED) is 0.665. The van der Waals surface area contributed by atoms with Gasteiger partial charge in [-0.25, -0.2) is 4.98 Å². The summed E-state index contributed by atoms with van der Waals surface area (Å²) in [6.07, 6.45) is 0. The van der Waals surface area contributed by atoms with Gasteiger partial charge in [0, 0.05) is 18.0 Å². The number of benzene rings is 2. The summed E-state index contributed by atoms with van der Waals surface area (Å²) in [5.74, 6) is 1.66. The molecule has 0 spiro atoms. The van der Waals surface area contributed by atoms with Crippen LogP contribution in [0, 0.1) is 4.64 Å². The Bertz CT molecular complexity index is 825. The zero-order valence-electron chi connectivity index (χ0n) is 11.3. The highest BCUT2D eigenvalue weighted by atomic mass is 32.1. The van der Waals surface area contributed by atoms with Crippen LogP contribution in [0.25, 0.3) is 22.3 Å². The molecule has 0 aliphatic carbocycles. The SMILES string of the molecule is COc1ccc2c(c1)c(=S)nc(-c1ccccc1)n2C. The van der Waals surface area contributed by atoms with Crippen molar-refractivity contribution >= 4 is 23.1 Å². The highest BCUT2D eigenvalue weighted by molar-refractivity contribution is 7.71. The van der Waals surface area contributed by atoms with Crippen molar-refractivity contribution in [2.75, 3.05) is 7.11 Å². The predicted molar refractivity (Wildman–Crippen MR) is 83.5 cm³/mol. The summed E-state index contributed by atoms with van der Waals surface area (Å²) < 4.78 is 7.90. The van der Waals surface area contributed by atoms with Crippen LogP contribution in [0.5, 0.6) is 5.75 Å². The van der Waals surface area contributed by atoms with E-state index >= 15 is 0 Å². The molecular weight excluding hydrogens is 268 g/mol. The van der Waals surface area contributed by atoms with Crippen LogP contribution in [0.4, 0.5) is 0 Å². The molecule has 2 aromatic carbocycles. The van der Waals surface area contributed by atoms with E-state index in [2.05, 4.69) is 9.55 Å². The van der Waals surface area contributed by atoms with E-state index in [-0.39, 0.29) is 0 Å². The molecule has 1 heterocycles. The summed E-state index contributed by atoms with van der Waals surface area (Å²) in [6.45, 7) is 0. The fourth-order valence-electron chi connectivity index (χ4n) is 2.30. The standard InChI is InChI=1S/C16H14N2OS/c1-18-14-9-8-12(19-2)10-13(14)16(20)17-15(18)11-6-4-3-5-7-11/h3-10H,1-2H3. The van der Waals surface area contributed by atoms with Gasteiger partial charge in [0.25, 0.3) is 0 Å². The van der Waals surface area contributed by atoms with Gasteiger partial charge < -0.3 is 9.30 Å². The first-order valence-electron chi connectivity index (χ1n) is 6.31. The Kier molecular flexibility index (Phi) is 3.24. The van der Waals surface area contributed by atoms with Gasteiger partial charge in [-0.05, 0) is 18.2 Å². The third-order valence-corrected chi connectivity index (χ3v) is 3.66. The summed E-state index contributed by atoms with van der Waals surface area (Å²) in [4.78, 5) is 4.57. The Labute approximate surface area is 122 Å². The smallest absolute Gasteiger partial charge is 0.141 e. The van der Waals surface area contributed by atoms with Crippen molar-refractivity contribution in [1.29, 1.82) is 0 Å². The van der Waals surface area contributed by atoms with Crippen molar-refractivity contribution in [2.24, 2.45) is 7.05 Å². The van der Waals surface area contributed by atoms with Gasteiger partial charge in [-0.2, -0.15) is 0 Å². The van der Waals surface area contributed by atoms with E-state index in [0.29, 0.717) is 4.64 Å². The van der Waals surface area contributed by atoms with Crippen LogP contribution >= 0.6 is 12.2 Å².